The van der Waals surface area contributed by atoms with Crippen LogP contribution in [0.1, 0.15) is 81.3 Å². The van der Waals surface area contributed by atoms with Crippen LogP contribution < -0.4 is 16.0 Å². The van der Waals surface area contributed by atoms with Crippen LogP contribution in [0.2, 0.25) is 0 Å². The smallest absolute Gasteiger partial charge is 0.270 e. The summed E-state index contributed by atoms with van der Waals surface area (Å²) >= 11 is 0. The Balaban J connectivity index is 1.47. The van der Waals surface area contributed by atoms with Gasteiger partial charge in [0, 0.05) is 38.7 Å². The number of halogens is 1. The molecular formula is C31H43FN6O5. The number of aryl methyl sites for hydroxylation is 1. The Morgan fingerprint density at radius 3 is 2.40 bits per heavy atom. The van der Waals surface area contributed by atoms with Crippen molar-refractivity contribution in [3.8, 4) is 0 Å². The zero-order valence-corrected chi connectivity index (χ0v) is 25.0. The van der Waals surface area contributed by atoms with E-state index in [0.717, 1.165) is 32.1 Å². The number of hydrogen-bond acceptors (Lipinski definition) is 6. The second-order valence-corrected chi connectivity index (χ2v) is 11.4. The fraction of sp³-hybridized carbons (Fsp3) is 0.581. The van der Waals surface area contributed by atoms with E-state index in [-0.39, 0.29) is 36.3 Å². The second kappa shape index (κ2) is 15.1. The van der Waals surface area contributed by atoms with Gasteiger partial charge < -0.3 is 26.0 Å². The first-order chi connectivity index (χ1) is 20.7. The van der Waals surface area contributed by atoms with Gasteiger partial charge in [0.15, 0.2) is 0 Å². The first kappa shape index (κ1) is 32.1. The van der Waals surface area contributed by atoms with Crippen LogP contribution in [0.4, 0.5) is 10.1 Å². The summed E-state index contributed by atoms with van der Waals surface area (Å²) < 4.78 is 16.9. The number of rotatable bonds is 11. The Labute approximate surface area is 251 Å². The molecule has 4 N–H and O–H groups in total. The van der Waals surface area contributed by atoms with Crippen LogP contribution in [0.25, 0.3) is 0 Å². The molecule has 234 valence electrons. The number of aliphatic hydroxyl groups is 1. The highest BCUT2D eigenvalue weighted by Crippen LogP contribution is 2.28. The van der Waals surface area contributed by atoms with Crippen molar-refractivity contribution in [1.82, 2.24) is 25.3 Å². The number of aliphatic hydroxyl groups excluding tert-OH is 1. The molecule has 1 saturated heterocycles. The van der Waals surface area contributed by atoms with Crippen molar-refractivity contribution in [3.63, 3.8) is 0 Å². The zero-order chi connectivity index (χ0) is 30.9. The Bertz CT molecular complexity index is 1290. The Morgan fingerprint density at radius 1 is 1.02 bits per heavy atom. The summed E-state index contributed by atoms with van der Waals surface area (Å²) in [6.07, 6.45) is 6.81. The van der Waals surface area contributed by atoms with Crippen molar-refractivity contribution in [2.45, 2.75) is 96.4 Å². The van der Waals surface area contributed by atoms with E-state index in [1.165, 1.54) is 18.3 Å². The average molecular weight is 599 g/mol. The third-order valence-corrected chi connectivity index (χ3v) is 8.40. The topological polar surface area (TPSA) is 146 Å². The van der Waals surface area contributed by atoms with Gasteiger partial charge in [-0.3, -0.25) is 23.9 Å². The summed E-state index contributed by atoms with van der Waals surface area (Å²) in [4.78, 5) is 53.6. The summed E-state index contributed by atoms with van der Waals surface area (Å²) in [5.74, 6) is -2.24. The fourth-order valence-electron chi connectivity index (χ4n) is 5.89. The average Bonchev–Trinajstić information content (AvgIpc) is 3.50. The van der Waals surface area contributed by atoms with E-state index >= 15 is 4.39 Å². The number of anilines is 1. The van der Waals surface area contributed by atoms with E-state index in [4.69, 9.17) is 0 Å². The summed E-state index contributed by atoms with van der Waals surface area (Å²) in [7, 11) is 0. The highest BCUT2D eigenvalue weighted by molar-refractivity contribution is 6.00. The fourth-order valence-corrected chi connectivity index (χ4v) is 5.89. The standard InChI is InChI=1S/C31H43FN6O5/c1-3-27(40)34-25(31(43)37-16-13-22(39)14-17-37)19-20-10-11-24(23(32)18-20)35-30(42)28(21-8-6-5-7-9-21)36-29(41)26-12-15-33-38(26)4-2/h10-12,15,18,21-22,25,28,39H,3-9,13-14,16-17,19H2,1-2H3,(H,34,40)(H,35,42)(H,36,41)/t25-,28+/m1/s1. The first-order valence-corrected chi connectivity index (χ1v) is 15.4. The van der Waals surface area contributed by atoms with Crippen molar-refractivity contribution in [1.29, 1.82) is 0 Å². The molecule has 0 spiro atoms. The van der Waals surface area contributed by atoms with Crippen molar-refractivity contribution < 1.29 is 28.7 Å². The summed E-state index contributed by atoms with van der Waals surface area (Å²) in [6.45, 7) is 4.83. The number of amides is 4. The number of hydrogen-bond donors (Lipinski definition) is 4. The Morgan fingerprint density at radius 2 is 1.74 bits per heavy atom. The molecule has 1 saturated carbocycles. The van der Waals surface area contributed by atoms with Gasteiger partial charge in [-0.05, 0) is 62.3 Å². The number of benzene rings is 1. The molecule has 4 rings (SSSR count). The monoisotopic (exact) mass is 598 g/mol. The van der Waals surface area contributed by atoms with Crippen molar-refractivity contribution in [3.05, 3.63) is 47.5 Å². The third kappa shape index (κ3) is 8.40. The lowest BCUT2D eigenvalue weighted by molar-refractivity contribution is -0.138. The Kier molecular flexibility index (Phi) is 11.3. The van der Waals surface area contributed by atoms with Crippen LogP contribution in [0, 0.1) is 11.7 Å². The number of nitrogens with one attached hydrogen (secondary N) is 3. The van der Waals surface area contributed by atoms with Gasteiger partial charge in [-0.2, -0.15) is 5.10 Å². The summed E-state index contributed by atoms with van der Waals surface area (Å²) in [6, 6.07) is 4.18. The molecule has 11 nitrogen and oxygen atoms in total. The molecule has 2 fully saturated rings. The van der Waals surface area contributed by atoms with Crippen molar-refractivity contribution >= 4 is 29.3 Å². The zero-order valence-electron chi connectivity index (χ0n) is 25.0. The minimum atomic E-state index is -0.884. The van der Waals surface area contributed by atoms with Gasteiger partial charge in [-0.1, -0.05) is 32.3 Å². The number of aromatic nitrogens is 2. The van der Waals surface area contributed by atoms with Crippen LogP contribution in [0.15, 0.2) is 30.5 Å². The van der Waals surface area contributed by atoms with E-state index < -0.39 is 35.8 Å². The molecule has 2 aliphatic rings. The number of piperidine rings is 1. The van der Waals surface area contributed by atoms with Gasteiger partial charge in [0.2, 0.25) is 17.7 Å². The molecule has 0 radical (unpaired) electrons. The van der Waals surface area contributed by atoms with Gasteiger partial charge in [0.1, 0.15) is 23.6 Å². The Hall–Kier alpha value is -3.80. The highest BCUT2D eigenvalue weighted by atomic mass is 19.1. The van der Waals surface area contributed by atoms with Crippen LogP contribution in [-0.4, -0.2) is 74.7 Å². The number of carbonyl (C=O) groups excluding carboxylic acids is 4. The van der Waals surface area contributed by atoms with Crippen LogP contribution in [-0.2, 0) is 27.3 Å². The SMILES string of the molecule is CCC(=O)N[C@H](Cc1ccc(NC(=O)[C@@H](NC(=O)c2ccnn2CC)C2CCCCC2)c(F)c1)C(=O)N1CCC(O)CC1. The van der Waals surface area contributed by atoms with Crippen molar-refractivity contribution in [2.24, 2.45) is 5.92 Å². The molecule has 43 heavy (non-hydrogen) atoms. The van der Waals surface area contributed by atoms with Crippen LogP contribution in [0.3, 0.4) is 0 Å². The molecule has 1 aromatic heterocycles. The van der Waals surface area contributed by atoms with E-state index in [1.54, 1.807) is 28.6 Å². The highest BCUT2D eigenvalue weighted by Gasteiger charge is 2.33. The lowest BCUT2D eigenvalue weighted by Gasteiger charge is -2.32. The molecule has 0 unspecified atom stereocenters. The number of likely N-dealkylation sites (tertiary alicyclic amines) is 1. The molecule has 2 heterocycles. The normalized spacial score (nSPS) is 17.6. The first-order valence-electron chi connectivity index (χ1n) is 15.4. The lowest BCUT2D eigenvalue weighted by Crippen LogP contribution is -2.52. The predicted molar refractivity (Wildman–Crippen MR) is 159 cm³/mol. The largest absolute Gasteiger partial charge is 0.393 e. The molecular weight excluding hydrogens is 555 g/mol. The molecule has 1 aliphatic carbocycles. The molecule has 2 atom stereocenters. The molecule has 2 aromatic rings. The number of nitrogens with zero attached hydrogens (tertiary/aromatic N) is 3. The third-order valence-electron chi connectivity index (χ3n) is 8.40. The van der Waals surface area contributed by atoms with Gasteiger partial charge in [0.05, 0.1) is 11.8 Å². The van der Waals surface area contributed by atoms with Gasteiger partial charge in [0.25, 0.3) is 5.91 Å². The lowest BCUT2D eigenvalue weighted by atomic mass is 9.83. The maximum absolute atomic E-state index is 15.4. The van der Waals surface area contributed by atoms with Gasteiger partial charge in [-0.25, -0.2) is 4.39 Å². The van der Waals surface area contributed by atoms with E-state index in [1.807, 2.05) is 6.92 Å². The van der Waals surface area contributed by atoms with Gasteiger partial charge >= 0.3 is 0 Å². The predicted octanol–water partition coefficient (Wildman–Crippen LogP) is 2.78. The molecule has 0 bridgehead atoms. The van der Waals surface area contributed by atoms with E-state index in [9.17, 15) is 24.3 Å². The molecule has 12 heteroatoms. The maximum Gasteiger partial charge on any atom is 0.270 e. The maximum atomic E-state index is 15.4. The molecule has 4 amide bonds. The molecule has 1 aromatic carbocycles. The number of carbonyl (C=O) groups is 4. The summed E-state index contributed by atoms with van der Waals surface area (Å²) in [5.41, 5.74) is 0.798. The van der Waals surface area contributed by atoms with E-state index in [0.29, 0.717) is 43.7 Å². The van der Waals surface area contributed by atoms with E-state index in [2.05, 4.69) is 21.0 Å². The van der Waals surface area contributed by atoms with Crippen LogP contribution >= 0.6 is 0 Å². The molecule has 1 aliphatic heterocycles. The van der Waals surface area contributed by atoms with Gasteiger partial charge in [-0.15, -0.1) is 0 Å². The second-order valence-electron chi connectivity index (χ2n) is 11.4. The summed E-state index contributed by atoms with van der Waals surface area (Å²) in [5, 5.41) is 22.2. The van der Waals surface area contributed by atoms with Crippen LogP contribution in [0.5, 0.6) is 0 Å². The minimum absolute atomic E-state index is 0.0344. The quantitative estimate of drug-likeness (QED) is 0.313. The minimum Gasteiger partial charge on any atom is -0.393 e. The van der Waals surface area contributed by atoms with Crippen molar-refractivity contribution in [2.75, 3.05) is 18.4 Å².